The molecule has 1 aliphatic heterocycles. The van der Waals surface area contributed by atoms with Gasteiger partial charge in [-0.1, -0.05) is 18.9 Å². The molecule has 1 saturated heterocycles. The molecule has 1 aromatic heterocycles. The number of likely N-dealkylation sites (tertiary alicyclic amines) is 1. The Hall–Kier alpha value is -0.971. The van der Waals surface area contributed by atoms with Crippen molar-refractivity contribution in [2.75, 3.05) is 13.1 Å². The minimum atomic E-state index is 0. The Morgan fingerprint density at radius 1 is 1.30 bits per heavy atom. The van der Waals surface area contributed by atoms with Crippen LogP contribution in [0.4, 0.5) is 0 Å². The van der Waals surface area contributed by atoms with Crippen molar-refractivity contribution in [2.45, 2.75) is 32.6 Å². The van der Waals surface area contributed by atoms with E-state index in [4.69, 9.17) is 12.2 Å². The van der Waals surface area contributed by atoms with Gasteiger partial charge in [0.15, 0.2) is 5.11 Å². The van der Waals surface area contributed by atoms with Crippen molar-refractivity contribution in [3.63, 3.8) is 0 Å². The molecule has 20 heavy (non-hydrogen) atoms. The summed E-state index contributed by atoms with van der Waals surface area (Å²) in [5.74, 6) is 0. The van der Waals surface area contributed by atoms with Crippen LogP contribution in [0.5, 0.6) is 0 Å². The average molecular weight is 340 g/mol. The fourth-order valence-electron chi connectivity index (χ4n) is 2.13. The molecule has 0 bridgehead atoms. The smallest absolute Gasteiger partial charge is 0.348 e. The molecule has 0 spiro atoms. The van der Waals surface area contributed by atoms with Crippen LogP contribution in [0.2, 0.25) is 0 Å². The number of aromatic nitrogens is 1. The Morgan fingerprint density at radius 3 is 2.65 bits per heavy atom. The summed E-state index contributed by atoms with van der Waals surface area (Å²) in [4.78, 5) is 6.55. The molecule has 6 heteroatoms. The zero-order valence-electron chi connectivity index (χ0n) is 11.6. The number of nitrogens with one attached hydrogen (secondary N) is 1. The van der Waals surface area contributed by atoms with Crippen LogP contribution in [0.15, 0.2) is 23.3 Å². The first kappa shape index (κ1) is 17.1. The molecule has 4 nitrogen and oxygen atoms in total. The average Bonchev–Trinajstić information content (AvgIpc) is 2.67. The van der Waals surface area contributed by atoms with E-state index in [9.17, 15) is 0 Å². The molecule has 2 rings (SSSR count). The monoisotopic (exact) mass is 339 g/mol. The Bertz CT molecular complexity index is 456. The van der Waals surface area contributed by atoms with Gasteiger partial charge in [-0.15, -0.1) is 0 Å². The fraction of sp³-hybridized carbons (Fsp3) is 0.500. The van der Waals surface area contributed by atoms with Crippen molar-refractivity contribution in [1.82, 2.24) is 15.3 Å². The third-order valence-corrected chi connectivity index (χ3v) is 3.51. The largest absolute Gasteiger partial charge is 2.00 e. The molecule has 0 aliphatic carbocycles. The predicted molar refractivity (Wildman–Crippen MR) is 82.3 cm³/mol. The van der Waals surface area contributed by atoms with Gasteiger partial charge in [0.25, 0.3) is 0 Å². The van der Waals surface area contributed by atoms with E-state index in [0.29, 0.717) is 5.11 Å². The van der Waals surface area contributed by atoms with Gasteiger partial charge < -0.3 is 4.90 Å². The summed E-state index contributed by atoms with van der Waals surface area (Å²) < 4.78 is 0. The summed E-state index contributed by atoms with van der Waals surface area (Å²) in [6, 6.07) is 5.86. The molecule has 0 saturated carbocycles. The van der Waals surface area contributed by atoms with Gasteiger partial charge in [-0.3, -0.25) is 10.4 Å². The third-order valence-electron chi connectivity index (χ3n) is 3.16. The summed E-state index contributed by atoms with van der Waals surface area (Å²) in [6.45, 7) is 4.03. The van der Waals surface area contributed by atoms with E-state index in [2.05, 4.69) is 20.4 Å². The Morgan fingerprint density at radius 2 is 2.00 bits per heavy atom. The molecule has 1 aromatic rings. The van der Waals surface area contributed by atoms with E-state index < -0.39 is 0 Å². The second-order valence-corrected chi connectivity index (χ2v) is 5.17. The molecular weight excluding hydrogens is 320 g/mol. The first-order valence-electron chi connectivity index (χ1n) is 6.77. The number of hydrogen-bond acceptors (Lipinski definition) is 3. The first-order chi connectivity index (χ1) is 9.25. The normalized spacial score (nSPS) is 15.6. The maximum absolute atomic E-state index is 5.36. The summed E-state index contributed by atoms with van der Waals surface area (Å²) in [5, 5.41) is 4.88. The zero-order valence-corrected chi connectivity index (χ0v) is 13.4. The SMILES string of the molecule is Cc1cccc(C=NNC(=S)N2CCCCCC2)n1.[Cu+2]. The molecule has 0 unspecified atom stereocenters. The van der Waals surface area contributed by atoms with Gasteiger partial charge in [0.2, 0.25) is 0 Å². The van der Waals surface area contributed by atoms with Crippen LogP contribution in [0.3, 0.4) is 0 Å². The van der Waals surface area contributed by atoms with E-state index in [0.717, 1.165) is 24.5 Å². The number of hydrogen-bond donors (Lipinski definition) is 1. The van der Waals surface area contributed by atoms with Gasteiger partial charge in [0, 0.05) is 18.8 Å². The molecule has 0 amide bonds. The number of pyridine rings is 1. The fourth-order valence-corrected chi connectivity index (χ4v) is 2.37. The Kier molecular flexibility index (Phi) is 7.73. The van der Waals surface area contributed by atoms with Crippen LogP contribution in [0, 0.1) is 6.92 Å². The Labute approximate surface area is 136 Å². The summed E-state index contributed by atoms with van der Waals surface area (Å²) in [5.41, 5.74) is 4.76. The predicted octanol–water partition coefficient (Wildman–Crippen LogP) is 2.47. The molecule has 1 fully saturated rings. The zero-order chi connectivity index (χ0) is 13.5. The van der Waals surface area contributed by atoms with Crippen molar-refractivity contribution in [3.8, 4) is 0 Å². The topological polar surface area (TPSA) is 40.5 Å². The second-order valence-electron chi connectivity index (χ2n) is 4.78. The van der Waals surface area contributed by atoms with Crippen LogP contribution in [0.25, 0.3) is 0 Å². The minimum absolute atomic E-state index is 0. The first-order valence-corrected chi connectivity index (χ1v) is 7.18. The second kappa shape index (κ2) is 9.06. The van der Waals surface area contributed by atoms with Gasteiger partial charge in [0.05, 0.1) is 11.9 Å². The minimum Gasteiger partial charge on any atom is -0.348 e. The number of rotatable bonds is 2. The van der Waals surface area contributed by atoms with E-state index in [-0.39, 0.29) is 17.1 Å². The van der Waals surface area contributed by atoms with Crippen LogP contribution >= 0.6 is 12.2 Å². The van der Waals surface area contributed by atoms with Crippen molar-refractivity contribution in [1.29, 1.82) is 0 Å². The Balaban J connectivity index is 0.00000200. The van der Waals surface area contributed by atoms with E-state index in [1.165, 1.54) is 25.7 Å². The van der Waals surface area contributed by atoms with Crippen molar-refractivity contribution in [2.24, 2.45) is 5.10 Å². The van der Waals surface area contributed by atoms with Crippen LogP contribution < -0.4 is 5.43 Å². The van der Waals surface area contributed by atoms with Gasteiger partial charge in [-0.05, 0) is 44.1 Å². The van der Waals surface area contributed by atoms with Gasteiger partial charge >= 0.3 is 17.1 Å². The third kappa shape index (κ3) is 5.57. The quantitative estimate of drug-likeness (QED) is 0.389. The summed E-state index contributed by atoms with van der Waals surface area (Å²) >= 11 is 5.36. The maximum Gasteiger partial charge on any atom is 2.00 e. The molecule has 2 heterocycles. The van der Waals surface area contributed by atoms with Crippen LogP contribution in [-0.4, -0.2) is 34.3 Å². The van der Waals surface area contributed by atoms with E-state index in [1.807, 2.05) is 25.1 Å². The van der Waals surface area contributed by atoms with Crippen LogP contribution in [0.1, 0.15) is 37.1 Å². The molecule has 111 valence electrons. The number of aryl methyl sites for hydroxylation is 1. The summed E-state index contributed by atoms with van der Waals surface area (Å²) in [7, 11) is 0. The molecule has 0 aromatic carbocycles. The van der Waals surface area contributed by atoms with Crippen molar-refractivity contribution < 1.29 is 17.1 Å². The number of nitrogens with zero attached hydrogens (tertiary/aromatic N) is 3. The molecular formula is C14H20CuN4S+2. The standard InChI is InChI=1S/C14H20N4S.Cu/c1-12-7-6-8-13(16-12)11-15-17-14(19)18-9-4-2-3-5-10-18;/h6-8,11H,2-5,9-10H2,1H3,(H,17,19);/q;+2. The molecule has 1 N–H and O–H groups in total. The van der Waals surface area contributed by atoms with Gasteiger partial charge in [-0.25, -0.2) is 0 Å². The molecule has 0 atom stereocenters. The number of thiocarbonyl (C=S) groups is 1. The van der Waals surface area contributed by atoms with E-state index >= 15 is 0 Å². The van der Waals surface area contributed by atoms with Crippen LogP contribution in [-0.2, 0) is 17.1 Å². The molecule has 1 radical (unpaired) electrons. The van der Waals surface area contributed by atoms with Gasteiger partial charge in [-0.2, -0.15) is 5.10 Å². The maximum atomic E-state index is 5.36. The van der Waals surface area contributed by atoms with E-state index in [1.54, 1.807) is 6.21 Å². The number of hydrazone groups is 1. The van der Waals surface area contributed by atoms with Gasteiger partial charge in [0.1, 0.15) is 0 Å². The van der Waals surface area contributed by atoms with Crippen molar-refractivity contribution >= 4 is 23.5 Å². The summed E-state index contributed by atoms with van der Waals surface area (Å²) in [6.07, 6.45) is 6.73. The van der Waals surface area contributed by atoms with Crippen molar-refractivity contribution in [3.05, 3.63) is 29.6 Å². The molecule has 1 aliphatic rings.